The minimum Gasteiger partial charge on any atom is -0.398 e. The zero-order valence-electron chi connectivity index (χ0n) is 12.7. The summed E-state index contributed by atoms with van der Waals surface area (Å²) in [5, 5.41) is 0.677. The summed E-state index contributed by atoms with van der Waals surface area (Å²) >= 11 is 6.11. The van der Waals surface area contributed by atoms with Crippen LogP contribution in [0.25, 0.3) is 0 Å². The van der Waals surface area contributed by atoms with Gasteiger partial charge >= 0.3 is 0 Å². The predicted molar refractivity (Wildman–Crippen MR) is 89.6 cm³/mol. The van der Waals surface area contributed by atoms with E-state index in [4.69, 9.17) is 17.3 Å². The standard InChI is InChI=1S/C17H26ClN3/c18-16-12-14(4-5-17(16)19)13-20-10-6-15(7-11-20)21-8-2-1-3-9-21/h4-5,12,15H,1-3,6-11,13,19H2. The monoisotopic (exact) mass is 307 g/mol. The molecule has 2 saturated heterocycles. The third-order valence-electron chi connectivity index (χ3n) is 4.94. The van der Waals surface area contributed by atoms with Crippen molar-refractivity contribution in [2.45, 2.75) is 44.7 Å². The lowest BCUT2D eigenvalue weighted by molar-refractivity contribution is 0.0896. The van der Waals surface area contributed by atoms with E-state index in [1.165, 1.54) is 63.8 Å². The van der Waals surface area contributed by atoms with Gasteiger partial charge in [0, 0.05) is 12.6 Å². The van der Waals surface area contributed by atoms with Crippen molar-refractivity contribution in [3.63, 3.8) is 0 Å². The summed E-state index contributed by atoms with van der Waals surface area (Å²) in [4.78, 5) is 5.27. The van der Waals surface area contributed by atoms with Crippen LogP contribution in [0.4, 0.5) is 5.69 Å². The quantitative estimate of drug-likeness (QED) is 0.869. The van der Waals surface area contributed by atoms with E-state index in [1.807, 2.05) is 12.1 Å². The number of nitrogen functional groups attached to an aromatic ring is 1. The molecule has 0 bridgehead atoms. The average Bonchev–Trinajstić information content (AvgIpc) is 2.53. The fourth-order valence-electron chi connectivity index (χ4n) is 3.65. The molecule has 0 aliphatic carbocycles. The van der Waals surface area contributed by atoms with E-state index in [1.54, 1.807) is 0 Å². The minimum atomic E-state index is 0.671. The zero-order chi connectivity index (χ0) is 14.7. The van der Waals surface area contributed by atoms with Crippen molar-refractivity contribution in [2.24, 2.45) is 0 Å². The van der Waals surface area contributed by atoms with Gasteiger partial charge in [0.1, 0.15) is 0 Å². The molecule has 0 radical (unpaired) electrons. The summed E-state index contributed by atoms with van der Waals surface area (Å²) in [5.41, 5.74) is 7.71. The lowest BCUT2D eigenvalue weighted by Gasteiger charge is -2.40. The molecule has 0 saturated carbocycles. The van der Waals surface area contributed by atoms with Crippen molar-refractivity contribution >= 4 is 17.3 Å². The molecule has 0 spiro atoms. The molecule has 116 valence electrons. The van der Waals surface area contributed by atoms with Crippen molar-refractivity contribution in [1.29, 1.82) is 0 Å². The summed E-state index contributed by atoms with van der Waals surface area (Å²) in [6.07, 6.45) is 6.83. The van der Waals surface area contributed by atoms with Gasteiger partial charge in [-0.25, -0.2) is 0 Å². The van der Waals surface area contributed by atoms with Gasteiger partial charge in [-0.3, -0.25) is 4.90 Å². The fraction of sp³-hybridized carbons (Fsp3) is 0.647. The number of rotatable bonds is 3. The highest BCUT2D eigenvalue weighted by Crippen LogP contribution is 2.24. The van der Waals surface area contributed by atoms with E-state index in [-0.39, 0.29) is 0 Å². The van der Waals surface area contributed by atoms with Gasteiger partial charge in [0.25, 0.3) is 0 Å². The number of hydrogen-bond donors (Lipinski definition) is 1. The summed E-state index contributed by atoms with van der Waals surface area (Å²) in [7, 11) is 0. The maximum atomic E-state index is 6.11. The van der Waals surface area contributed by atoms with E-state index in [0.29, 0.717) is 10.7 Å². The summed E-state index contributed by atoms with van der Waals surface area (Å²) in [6, 6.07) is 6.83. The summed E-state index contributed by atoms with van der Waals surface area (Å²) < 4.78 is 0. The maximum absolute atomic E-state index is 6.11. The molecule has 4 heteroatoms. The molecule has 2 aliphatic rings. The Morgan fingerprint density at radius 1 is 1.05 bits per heavy atom. The molecule has 0 unspecified atom stereocenters. The predicted octanol–water partition coefficient (Wildman–Crippen LogP) is 3.37. The molecule has 0 atom stereocenters. The molecule has 2 N–H and O–H groups in total. The molecule has 0 amide bonds. The van der Waals surface area contributed by atoms with Crippen molar-refractivity contribution in [3.05, 3.63) is 28.8 Å². The SMILES string of the molecule is Nc1ccc(CN2CCC(N3CCCCC3)CC2)cc1Cl. The molecular formula is C17H26ClN3. The lowest BCUT2D eigenvalue weighted by Crippen LogP contribution is -2.46. The smallest absolute Gasteiger partial charge is 0.0638 e. The van der Waals surface area contributed by atoms with E-state index in [9.17, 15) is 0 Å². The topological polar surface area (TPSA) is 32.5 Å². The van der Waals surface area contributed by atoms with Gasteiger partial charge in [0.05, 0.1) is 10.7 Å². The normalized spacial score (nSPS) is 22.5. The third kappa shape index (κ3) is 3.91. The van der Waals surface area contributed by atoms with E-state index in [2.05, 4.69) is 15.9 Å². The number of nitrogens with two attached hydrogens (primary N) is 1. The largest absolute Gasteiger partial charge is 0.398 e. The van der Waals surface area contributed by atoms with Crippen LogP contribution in [0.2, 0.25) is 5.02 Å². The number of nitrogens with zero attached hydrogens (tertiary/aromatic N) is 2. The number of halogens is 1. The molecule has 3 nitrogen and oxygen atoms in total. The van der Waals surface area contributed by atoms with Crippen LogP contribution in [0.15, 0.2) is 18.2 Å². The van der Waals surface area contributed by atoms with Crippen LogP contribution >= 0.6 is 11.6 Å². The second-order valence-corrected chi connectivity index (χ2v) is 6.87. The molecule has 1 aromatic rings. The highest BCUT2D eigenvalue weighted by atomic mass is 35.5. The van der Waals surface area contributed by atoms with Gasteiger partial charge in [-0.05, 0) is 69.6 Å². The van der Waals surface area contributed by atoms with E-state index >= 15 is 0 Å². The first-order valence-electron chi connectivity index (χ1n) is 8.23. The highest BCUT2D eigenvalue weighted by Gasteiger charge is 2.25. The van der Waals surface area contributed by atoms with Gasteiger partial charge in [0.15, 0.2) is 0 Å². The minimum absolute atomic E-state index is 0.671. The maximum Gasteiger partial charge on any atom is 0.0638 e. The molecule has 3 rings (SSSR count). The third-order valence-corrected chi connectivity index (χ3v) is 5.26. The first-order chi connectivity index (χ1) is 10.2. The Kier molecular flexibility index (Phi) is 5.04. The molecular weight excluding hydrogens is 282 g/mol. The first-order valence-corrected chi connectivity index (χ1v) is 8.60. The van der Waals surface area contributed by atoms with Crippen LogP contribution in [-0.4, -0.2) is 42.0 Å². The van der Waals surface area contributed by atoms with Gasteiger partial charge in [0.2, 0.25) is 0 Å². The second-order valence-electron chi connectivity index (χ2n) is 6.46. The van der Waals surface area contributed by atoms with Crippen LogP contribution in [0.5, 0.6) is 0 Å². The Labute approximate surface area is 133 Å². The van der Waals surface area contributed by atoms with Gasteiger partial charge in [-0.15, -0.1) is 0 Å². The molecule has 0 aromatic heterocycles. The van der Waals surface area contributed by atoms with Crippen molar-refractivity contribution in [2.75, 3.05) is 31.9 Å². The average molecular weight is 308 g/mol. The Morgan fingerprint density at radius 2 is 1.76 bits per heavy atom. The van der Waals surface area contributed by atoms with Crippen LogP contribution < -0.4 is 5.73 Å². The number of hydrogen-bond acceptors (Lipinski definition) is 3. The first kappa shape index (κ1) is 15.1. The van der Waals surface area contributed by atoms with E-state index < -0.39 is 0 Å². The number of likely N-dealkylation sites (tertiary alicyclic amines) is 2. The van der Waals surface area contributed by atoms with Crippen LogP contribution in [-0.2, 0) is 6.54 Å². The van der Waals surface area contributed by atoms with E-state index in [0.717, 1.165) is 12.6 Å². The molecule has 2 aliphatic heterocycles. The van der Waals surface area contributed by atoms with Gasteiger partial charge in [-0.1, -0.05) is 24.1 Å². The highest BCUT2D eigenvalue weighted by molar-refractivity contribution is 6.33. The summed E-state index contributed by atoms with van der Waals surface area (Å²) in [6.45, 7) is 6.02. The fourth-order valence-corrected chi connectivity index (χ4v) is 3.86. The van der Waals surface area contributed by atoms with Crippen LogP contribution in [0, 0.1) is 0 Å². The Bertz CT molecular complexity index is 463. The second kappa shape index (κ2) is 6.99. The van der Waals surface area contributed by atoms with Crippen LogP contribution in [0.3, 0.4) is 0 Å². The lowest BCUT2D eigenvalue weighted by atomic mass is 9.99. The van der Waals surface area contributed by atoms with Crippen molar-refractivity contribution in [1.82, 2.24) is 9.80 Å². The summed E-state index contributed by atoms with van der Waals surface area (Å²) in [5.74, 6) is 0. The molecule has 1 aromatic carbocycles. The zero-order valence-corrected chi connectivity index (χ0v) is 13.5. The Hall–Kier alpha value is -0.770. The van der Waals surface area contributed by atoms with Crippen LogP contribution in [0.1, 0.15) is 37.7 Å². The van der Waals surface area contributed by atoms with Crippen molar-refractivity contribution < 1.29 is 0 Å². The van der Waals surface area contributed by atoms with Gasteiger partial charge in [-0.2, -0.15) is 0 Å². The molecule has 2 heterocycles. The van der Waals surface area contributed by atoms with Gasteiger partial charge < -0.3 is 10.6 Å². The number of piperidine rings is 2. The Balaban J connectivity index is 1.50. The molecule has 21 heavy (non-hydrogen) atoms. The molecule has 2 fully saturated rings. The number of anilines is 1. The number of benzene rings is 1. The Morgan fingerprint density at radius 3 is 2.43 bits per heavy atom. The van der Waals surface area contributed by atoms with Crippen molar-refractivity contribution in [3.8, 4) is 0 Å².